The highest BCUT2D eigenvalue weighted by Crippen LogP contribution is 2.18. The fourth-order valence-corrected chi connectivity index (χ4v) is 10.3. The Morgan fingerprint density at radius 1 is 0.256 bits per heavy atom. The lowest BCUT2D eigenvalue weighted by Crippen LogP contribution is -2.30. The summed E-state index contributed by atoms with van der Waals surface area (Å²) in [5.41, 5.74) is 0. The van der Waals surface area contributed by atoms with Crippen molar-refractivity contribution in [1.29, 1.82) is 0 Å². The Morgan fingerprint density at radius 3 is 0.731 bits per heavy atom. The minimum absolute atomic E-state index is 0.0723. The van der Waals surface area contributed by atoms with Gasteiger partial charge in [-0.3, -0.25) is 14.4 Å². The number of allylic oxidation sites excluding steroid dienone is 8. The van der Waals surface area contributed by atoms with Crippen LogP contribution in [0.5, 0.6) is 0 Å². The van der Waals surface area contributed by atoms with Crippen LogP contribution in [0.3, 0.4) is 0 Å². The molecule has 0 saturated carbocycles. The average Bonchev–Trinajstić information content (AvgIpc) is 3.44. The van der Waals surface area contributed by atoms with Gasteiger partial charge >= 0.3 is 17.9 Å². The first-order valence-electron chi connectivity index (χ1n) is 34.6. The van der Waals surface area contributed by atoms with Crippen LogP contribution in [0, 0.1) is 0 Å². The molecule has 0 heterocycles. The maximum absolute atomic E-state index is 12.9. The van der Waals surface area contributed by atoms with Crippen molar-refractivity contribution >= 4 is 17.9 Å². The van der Waals surface area contributed by atoms with E-state index in [4.69, 9.17) is 14.2 Å². The fraction of sp³-hybridized carbons (Fsp3) is 0.847. The lowest BCUT2D eigenvalue weighted by atomic mass is 10.0. The second kappa shape index (κ2) is 66.9. The van der Waals surface area contributed by atoms with Gasteiger partial charge in [-0.1, -0.05) is 320 Å². The summed E-state index contributed by atoms with van der Waals surface area (Å²) in [7, 11) is 0. The Balaban J connectivity index is 4.28. The summed E-state index contributed by atoms with van der Waals surface area (Å²) in [5, 5.41) is 0. The zero-order valence-electron chi connectivity index (χ0n) is 52.5. The number of hydrogen-bond acceptors (Lipinski definition) is 6. The molecule has 0 aliphatic carbocycles. The molecule has 0 fully saturated rings. The van der Waals surface area contributed by atoms with E-state index in [2.05, 4.69) is 69.4 Å². The zero-order valence-corrected chi connectivity index (χ0v) is 52.5. The summed E-state index contributed by atoms with van der Waals surface area (Å²) in [4.78, 5) is 38.4. The zero-order chi connectivity index (χ0) is 56.4. The van der Waals surface area contributed by atoms with Crippen molar-refractivity contribution in [2.45, 2.75) is 380 Å². The standard InChI is InChI=1S/C72H132O6/c1-4-7-10-13-16-19-22-25-28-31-32-33-34-35-36-37-38-39-40-42-44-47-50-53-56-59-62-65-71(74)77-68-69(67-76-70(73)64-61-58-55-52-49-46-43-30-27-24-21-18-15-12-9-6-3)78-72(75)66-63-60-57-54-51-48-45-41-29-26-23-20-17-14-11-8-5-2/h22,25,30-32,34-35,43,69H,4-21,23-24,26-29,33,36-42,44-68H2,1-3H3/b25-22-,32-31-,35-34-,43-30-. The van der Waals surface area contributed by atoms with Crippen molar-refractivity contribution in [2.24, 2.45) is 0 Å². The molecule has 0 aromatic heterocycles. The van der Waals surface area contributed by atoms with Crippen LogP contribution in [-0.2, 0) is 28.6 Å². The van der Waals surface area contributed by atoms with E-state index in [1.54, 1.807) is 0 Å². The fourth-order valence-electron chi connectivity index (χ4n) is 10.3. The molecule has 0 radical (unpaired) electrons. The summed E-state index contributed by atoms with van der Waals surface area (Å²) >= 11 is 0. The Hall–Kier alpha value is -2.63. The van der Waals surface area contributed by atoms with Gasteiger partial charge < -0.3 is 14.2 Å². The van der Waals surface area contributed by atoms with Crippen LogP contribution in [-0.4, -0.2) is 37.2 Å². The van der Waals surface area contributed by atoms with Crippen molar-refractivity contribution in [3.05, 3.63) is 48.6 Å². The van der Waals surface area contributed by atoms with Gasteiger partial charge in [-0.15, -0.1) is 0 Å². The van der Waals surface area contributed by atoms with E-state index in [0.29, 0.717) is 19.3 Å². The van der Waals surface area contributed by atoms with Gasteiger partial charge in [-0.2, -0.15) is 0 Å². The molecule has 456 valence electrons. The summed E-state index contributed by atoms with van der Waals surface area (Å²) < 4.78 is 17.0. The predicted molar refractivity (Wildman–Crippen MR) is 339 cm³/mol. The number of rotatable bonds is 64. The van der Waals surface area contributed by atoms with Gasteiger partial charge in [0, 0.05) is 19.3 Å². The maximum atomic E-state index is 12.9. The maximum Gasteiger partial charge on any atom is 0.306 e. The van der Waals surface area contributed by atoms with Crippen molar-refractivity contribution in [3.8, 4) is 0 Å². The molecule has 0 amide bonds. The number of ether oxygens (including phenoxy) is 3. The number of esters is 3. The Bertz CT molecular complexity index is 1350. The van der Waals surface area contributed by atoms with Crippen molar-refractivity contribution in [3.63, 3.8) is 0 Å². The third-order valence-electron chi connectivity index (χ3n) is 15.6. The van der Waals surface area contributed by atoms with Crippen LogP contribution in [0.1, 0.15) is 374 Å². The van der Waals surface area contributed by atoms with E-state index < -0.39 is 6.10 Å². The van der Waals surface area contributed by atoms with Gasteiger partial charge in [0.05, 0.1) is 0 Å². The molecule has 6 nitrogen and oxygen atoms in total. The highest BCUT2D eigenvalue weighted by atomic mass is 16.6. The first kappa shape index (κ1) is 75.4. The first-order chi connectivity index (χ1) is 38.5. The van der Waals surface area contributed by atoms with E-state index in [9.17, 15) is 14.4 Å². The molecule has 0 bridgehead atoms. The molecule has 0 rings (SSSR count). The summed E-state index contributed by atoms with van der Waals surface area (Å²) in [6.45, 7) is 6.68. The van der Waals surface area contributed by atoms with E-state index in [-0.39, 0.29) is 31.1 Å². The van der Waals surface area contributed by atoms with Crippen LogP contribution in [0.2, 0.25) is 0 Å². The monoisotopic (exact) mass is 1090 g/mol. The normalized spacial score (nSPS) is 12.3. The van der Waals surface area contributed by atoms with Gasteiger partial charge in [-0.05, 0) is 83.5 Å². The molecule has 0 N–H and O–H groups in total. The number of carbonyl (C=O) groups is 3. The number of carbonyl (C=O) groups excluding carboxylic acids is 3. The molecular formula is C72H132O6. The summed E-state index contributed by atoms with van der Waals surface area (Å²) in [6.07, 6.45) is 84.1. The second-order valence-electron chi connectivity index (χ2n) is 23.4. The molecule has 0 aliphatic rings. The van der Waals surface area contributed by atoms with Crippen molar-refractivity contribution in [2.75, 3.05) is 13.2 Å². The molecule has 1 atom stereocenters. The lowest BCUT2D eigenvalue weighted by molar-refractivity contribution is -0.167. The van der Waals surface area contributed by atoms with Crippen LogP contribution in [0.4, 0.5) is 0 Å². The van der Waals surface area contributed by atoms with Crippen molar-refractivity contribution < 1.29 is 28.6 Å². The summed E-state index contributed by atoms with van der Waals surface area (Å²) in [6, 6.07) is 0. The largest absolute Gasteiger partial charge is 0.462 e. The molecule has 0 aromatic carbocycles. The van der Waals surface area contributed by atoms with E-state index in [0.717, 1.165) is 77.0 Å². The van der Waals surface area contributed by atoms with E-state index >= 15 is 0 Å². The minimum atomic E-state index is -0.776. The topological polar surface area (TPSA) is 78.9 Å². The van der Waals surface area contributed by atoms with E-state index in [1.807, 2.05) is 0 Å². The first-order valence-corrected chi connectivity index (χ1v) is 34.6. The lowest BCUT2D eigenvalue weighted by Gasteiger charge is -2.18. The SMILES string of the molecule is CCCCCCC/C=C\C/C=C\C/C=C\CCCCCCCCCCCCCCC(=O)OCC(COC(=O)CCCCCCC/C=C\CCCCCCCCC)OC(=O)CCCCCCCCCCCCCCCCCCC. The van der Waals surface area contributed by atoms with Crippen LogP contribution >= 0.6 is 0 Å². The molecule has 0 saturated heterocycles. The number of hydrogen-bond donors (Lipinski definition) is 0. The quantitative estimate of drug-likeness (QED) is 0.0261. The highest BCUT2D eigenvalue weighted by molar-refractivity contribution is 5.71. The third kappa shape index (κ3) is 64.2. The molecular weight excluding hydrogens is 961 g/mol. The molecule has 0 aliphatic heterocycles. The molecule has 78 heavy (non-hydrogen) atoms. The Morgan fingerprint density at radius 2 is 0.462 bits per heavy atom. The van der Waals surface area contributed by atoms with Gasteiger partial charge in [0.2, 0.25) is 0 Å². The van der Waals surface area contributed by atoms with Gasteiger partial charge in [-0.25, -0.2) is 0 Å². The molecule has 0 aromatic rings. The second-order valence-corrected chi connectivity index (χ2v) is 23.4. The Kier molecular flexibility index (Phi) is 64.6. The van der Waals surface area contributed by atoms with Gasteiger partial charge in [0.1, 0.15) is 13.2 Å². The molecule has 0 spiro atoms. The Labute approximate surface area is 486 Å². The van der Waals surface area contributed by atoms with E-state index in [1.165, 1.54) is 257 Å². The van der Waals surface area contributed by atoms with Crippen LogP contribution in [0.25, 0.3) is 0 Å². The molecule has 6 heteroatoms. The smallest absolute Gasteiger partial charge is 0.306 e. The van der Waals surface area contributed by atoms with Gasteiger partial charge in [0.25, 0.3) is 0 Å². The average molecular weight is 1090 g/mol. The predicted octanol–water partition coefficient (Wildman–Crippen LogP) is 23.7. The van der Waals surface area contributed by atoms with Crippen LogP contribution in [0.15, 0.2) is 48.6 Å². The third-order valence-corrected chi connectivity index (χ3v) is 15.6. The van der Waals surface area contributed by atoms with Gasteiger partial charge in [0.15, 0.2) is 6.10 Å². The number of unbranched alkanes of at least 4 members (excludes halogenated alkanes) is 45. The summed E-state index contributed by atoms with van der Waals surface area (Å²) in [5.74, 6) is -0.856. The minimum Gasteiger partial charge on any atom is -0.462 e. The highest BCUT2D eigenvalue weighted by Gasteiger charge is 2.19. The van der Waals surface area contributed by atoms with Crippen molar-refractivity contribution in [1.82, 2.24) is 0 Å². The van der Waals surface area contributed by atoms with Crippen LogP contribution < -0.4 is 0 Å². The molecule has 1 unspecified atom stereocenters.